The number of ether oxygens (including phenoxy) is 1. The lowest BCUT2D eigenvalue weighted by Gasteiger charge is -2.28. The van der Waals surface area contributed by atoms with Crippen molar-refractivity contribution in [2.24, 2.45) is 5.92 Å². The second-order valence-electron chi connectivity index (χ2n) is 5.00. The lowest BCUT2D eigenvalue weighted by molar-refractivity contribution is 0.0590. The highest BCUT2D eigenvalue weighted by Crippen LogP contribution is 2.23. The van der Waals surface area contributed by atoms with Crippen molar-refractivity contribution in [2.45, 2.75) is 30.0 Å². The first-order valence-corrected chi connectivity index (χ1v) is 9.07. The van der Waals surface area contributed by atoms with Crippen LogP contribution in [0.3, 0.4) is 0 Å². The number of rotatable bonds is 5. The maximum Gasteiger partial charge on any atom is 0.358 e. The van der Waals surface area contributed by atoms with Gasteiger partial charge in [0.1, 0.15) is 0 Å². The highest BCUT2D eigenvalue weighted by molar-refractivity contribution is 7.91. The van der Waals surface area contributed by atoms with Gasteiger partial charge in [0.15, 0.2) is 9.90 Å². The Morgan fingerprint density at radius 1 is 1.62 bits per heavy atom. The number of piperidine rings is 1. The third-order valence-electron chi connectivity index (χ3n) is 3.54. The lowest BCUT2D eigenvalue weighted by atomic mass is 9.94. The van der Waals surface area contributed by atoms with Crippen LogP contribution in [0.4, 0.5) is 0 Å². The van der Waals surface area contributed by atoms with Gasteiger partial charge in [-0.15, -0.1) is 11.3 Å². The van der Waals surface area contributed by atoms with Gasteiger partial charge in [-0.25, -0.2) is 22.9 Å². The van der Waals surface area contributed by atoms with E-state index in [1.54, 1.807) is 0 Å². The van der Waals surface area contributed by atoms with Crippen molar-refractivity contribution < 1.29 is 17.9 Å². The average molecular weight is 333 g/mol. The number of aromatic nitrogens is 1. The molecule has 1 fully saturated rings. The molecule has 1 aromatic heterocycles. The highest BCUT2D eigenvalue weighted by atomic mass is 32.2. The Morgan fingerprint density at radius 2 is 2.38 bits per heavy atom. The van der Waals surface area contributed by atoms with Gasteiger partial charge >= 0.3 is 5.97 Å². The van der Waals surface area contributed by atoms with Crippen LogP contribution in [0.5, 0.6) is 0 Å². The molecule has 2 atom stereocenters. The fourth-order valence-corrected chi connectivity index (χ4v) is 4.82. The van der Waals surface area contributed by atoms with Crippen LogP contribution in [-0.2, 0) is 14.8 Å². The Bertz CT molecular complexity index is 593. The topological polar surface area (TPSA) is 97.4 Å². The first-order valence-electron chi connectivity index (χ1n) is 6.70. The van der Waals surface area contributed by atoms with E-state index in [-0.39, 0.29) is 21.9 Å². The van der Waals surface area contributed by atoms with Crippen molar-refractivity contribution in [1.82, 2.24) is 15.0 Å². The van der Waals surface area contributed by atoms with E-state index in [0.717, 1.165) is 37.3 Å². The second kappa shape index (κ2) is 6.82. The average Bonchev–Trinajstić information content (AvgIpc) is 2.97. The van der Waals surface area contributed by atoms with Gasteiger partial charge in [-0.3, -0.25) is 0 Å². The molecule has 0 spiro atoms. The second-order valence-corrected chi connectivity index (χ2v) is 7.76. The predicted molar refractivity (Wildman–Crippen MR) is 78.8 cm³/mol. The van der Waals surface area contributed by atoms with E-state index >= 15 is 0 Å². The third kappa shape index (κ3) is 3.79. The van der Waals surface area contributed by atoms with E-state index in [1.807, 2.05) is 6.92 Å². The number of nitrogens with one attached hydrogen (secondary N) is 2. The van der Waals surface area contributed by atoms with Gasteiger partial charge in [-0.05, 0) is 38.8 Å². The Labute approximate surface area is 128 Å². The van der Waals surface area contributed by atoms with Crippen LogP contribution in [0, 0.1) is 5.92 Å². The summed E-state index contributed by atoms with van der Waals surface area (Å²) >= 11 is 0.911. The molecule has 2 rings (SSSR count). The van der Waals surface area contributed by atoms with Crippen molar-refractivity contribution in [1.29, 1.82) is 0 Å². The Hall–Kier alpha value is -1.03. The zero-order valence-corrected chi connectivity index (χ0v) is 13.6. The summed E-state index contributed by atoms with van der Waals surface area (Å²) in [4.78, 5) is 15.3. The molecule has 0 aliphatic carbocycles. The molecule has 7 nitrogen and oxygen atoms in total. The van der Waals surface area contributed by atoms with Crippen LogP contribution < -0.4 is 10.0 Å². The molecule has 0 aromatic carbocycles. The van der Waals surface area contributed by atoms with E-state index in [9.17, 15) is 13.2 Å². The standard InChI is InChI=1S/C12H19N3O4S2/c1-8(9-4-3-5-13-6-9)15-21(17,18)12-10(11(16)19-2)14-7-20-12/h7-9,13,15H,3-6H2,1-2H3. The van der Waals surface area contributed by atoms with E-state index in [0.29, 0.717) is 0 Å². The zero-order chi connectivity index (χ0) is 15.5. The van der Waals surface area contributed by atoms with Crippen LogP contribution in [-0.4, -0.2) is 45.6 Å². The zero-order valence-electron chi connectivity index (χ0n) is 12.0. The minimum absolute atomic E-state index is 0.0926. The fraction of sp³-hybridized carbons (Fsp3) is 0.667. The Balaban J connectivity index is 2.14. The Kier molecular flexibility index (Phi) is 5.31. The molecule has 1 aliphatic rings. The molecule has 0 radical (unpaired) electrons. The summed E-state index contributed by atoms with van der Waals surface area (Å²) in [6.07, 6.45) is 2.01. The van der Waals surface area contributed by atoms with Crippen molar-refractivity contribution in [3.63, 3.8) is 0 Å². The van der Waals surface area contributed by atoms with Crippen LogP contribution >= 0.6 is 11.3 Å². The minimum atomic E-state index is -3.77. The molecule has 0 saturated carbocycles. The number of carbonyl (C=O) groups excluding carboxylic acids is 1. The molecule has 2 unspecified atom stereocenters. The molecule has 1 aliphatic heterocycles. The highest BCUT2D eigenvalue weighted by Gasteiger charge is 2.30. The van der Waals surface area contributed by atoms with Crippen molar-refractivity contribution in [3.8, 4) is 0 Å². The van der Waals surface area contributed by atoms with Crippen molar-refractivity contribution >= 4 is 27.3 Å². The SMILES string of the molecule is COC(=O)c1ncsc1S(=O)(=O)NC(C)C1CCCNC1. The van der Waals surface area contributed by atoms with Gasteiger partial charge < -0.3 is 10.1 Å². The molecule has 0 bridgehead atoms. The molecule has 2 heterocycles. The predicted octanol–water partition coefficient (Wildman–Crippen LogP) is 0.596. The molecule has 0 amide bonds. The summed E-state index contributed by atoms with van der Waals surface area (Å²) < 4.78 is 31.9. The molecule has 2 N–H and O–H groups in total. The van der Waals surface area contributed by atoms with Crippen LogP contribution in [0.1, 0.15) is 30.3 Å². The van der Waals surface area contributed by atoms with E-state index in [4.69, 9.17) is 0 Å². The number of hydrogen-bond donors (Lipinski definition) is 2. The fourth-order valence-electron chi connectivity index (χ4n) is 2.36. The number of methoxy groups -OCH3 is 1. The van der Waals surface area contributed by atoms with E-state index < -0.39 is 16.0 Å². The van der Waals surface area contributed by atoms with Gasteiger partial charge in [-0.2, -0.15) is 0 Å². The monoisotopic (exact) mass is 333 g/mol. The summed E-state index contributed by atoms with van der Waals surface area (Å²) in [6.45, 7) is 3.60. The largest absolute Gasteiger partial charge is 0.464 e. The van der Waals surface area contributed by atoms with E-state index in [1.165, 1.54) is 12.6 Å². The first-order chi connectivity index (χ1) is 9.95. The van der Waals surface area contributed by atoms with Gasteiger partial charge in [0.2, 0.25) is 0 Å². The third-order valence-corrected chi connectivity index (χ3v) is 6.47. The van der Waals surface area contributed by atoms with Gasteiger partial charge in [0.05, 0.1) is 12.6 Å². The molecule has 9 heteroatoms. The summed E-state index contributed by atoms with van der Waals surface area (Å²) in [7, 11) is -2.58. The molecule has 21 heavy (non-hydrogen) atoms. The molecular formula is C12H19N3O4S2. The molecule has 118 valence electrons. The van der Waals surface area contributed by atoms with Gasteiger partial charge in [0, 0.05) is 6.04 Å². The number of carbonyl (C=O) groups is 1. The number of hydrogen-bond acceptors (Lipinski definition) is 7. The molecule has 1 saturated heterocycles. The molecular weight excluding hydrogens is 314 g/mol. The quantitative estimate of drug-likeness (QED) is 0.766. The smallest absolute Gasteiger partial charge is 0.358 e. The molecule has 1 aromatic rings. The van der Waals surface area contributed by atoms with Crippen LogP contribution in [0.15, 0.2) is 9.72 Å². The number of sulfonamides is 1. The van der Waals surface area contributed by atoms with E-state index in [2.05, 4.69) is 19.8 Å². The maximum absolute atomic E-state index is 12.4. The normalized spacial score (nSPS) is 21.0. The van der Waals surface area contributed by atoms with Crippen molar-refractivity contribution in [2.75, 3.05) is 20.2 Å². The number of thiazole rings is 1. The van der Waals surface area contributed by atoms with Gasteiger partial charge in [-0.1, -0.05) is 0 Å². The number of esters is 1. The van der Waals surface area contributed by atoms with Crippen LogP contribution in [0.2, 0.25) is 0 Å². The van der Waals surface area contributed by atoms with Gasteiger partial charge in [0.25, 0.3) is 10.0 Å². The number of nitrogens with zero attached hydrogens (tertiary/aromatic N) is 1. The van der Waals surface area contributed by atoms with Crippen LogP contribution in [0.25, 0.3) is 0 Å². The lowest BCUT2D eigenvalue weighted by Crippen LogP contribution is -2.44. The van der Waals surface area contributed by atoms with Crippen molar-refractivity contribution in [3.05, 3.63) is 11.2 Å². The Morgan fingerprint density at radius 3 is 3.00 bits per heavy atom. The maximum atomic E-state index is 12.4. The minimum Gasteiger partial charge on any atom is -0.464 e. The summed E-state index contributed by atoms with van der Waals surface area (Å²) in [5.74, 6) is -0.508. The first kappa shape index (κ1) is 16.3. The summed E-state index contributed by atoms with van der Waals surface area (Å²) in [5, 5.41) is 3.26. The summed E-state index contributed by atoms with van der Waals surface area (Å²) in [5.41, 5.74) is 1.16. The summed E-state index contributed by atoms with van der Waals surface area (Å²) in [6, 6.07) is -0.213.